The van der Waals surface area contributed by atoms with E-state index >= 15 is 0 Å². The van der Waals surface area contributed by atoms with Crippen LogP contribution in [-0.4, -0.2) is 35.2 Å². The molecule has 0 aliphatic heterocycles. The van der Waals surface area contributed by atoms with E-state index < -0.39 is 11.4 Å². The fraction of sp³-hybridized carbons (Fsp3) is 0.833. The number of ketones is 2. The lowest BCUT2D eigenvalue weighted by atomic mass is 9.63. The number of carboxylic acids is 1. The second kappa shape index (κ2) is 6.71. The molecule has 0 aromatic rings. The topological polar surface area (TPSA) is 83.5 Å². The Hall–Kier alpha value is -1.23. The number of rotatable bonds is 4. The third-order valence-electron chi connectivity index (χ3n) is 6.51. The van der Waals surface area contributed by atoms with Crippen LogP contribution in [0, 0.1) is 17.3 Å². The van der Waals surface area contributed by atoms with Gasteiger partial charge in [0.25, 0.3) is 0 Å². The Kier molecular flexibility index (Phi) is 4.85. The van der Waals surface area contributed by atoms with E-state index in [1.165, 1.54) is 0 Å². The van der Waals surface area contributed by atoms with E-state index in [9.17, 15) is 14.4 Å². The molecule has 2 N–H and O–H groups in total. The lowest BCUT2D eigenvalue weighted by molar-refractivity contribution is -0.138. The summed E-state index contributed by atoms with van der Waals surface area (Å²) in [6, 6.07) is 0.329. The van der Waals surface area contributed by atoms with Crippen LogP contribution < -0.4 is 5.32 Å². The van der Waals surface area contributed by atoms with E-state index in [1.807, 2.05) is 0 Å². The van der Waals surface area contributed by atoms with Gasteiger partial charge in [-0.2, -0.15) is 0 Å². The molecule has 0 aromatic carbocycles. The van der Waals surface area contributed by atoms with Crippen molar-refractivity contribution in [2.24, 2.45) is 17.3 Å². The molecule has 5 heteroatoms. The van der Waals surface area contributed by atoms with Crippen molar-refractivity contribution in [2.75, 3.05) is 6.54 Å². The Morgan fingerprint density at radius 3 is 2.00 bits per heavy atom. The molecule has 0 unspecified atom stereocenters. The first kappa shape index (κ1) is 16.6. The van der Waals surface area contributed by atoms with Crippen molar-refractivity contribution in [3.63, 3.8) is 0 Å². The van der Waals surface area contributed by atoms with Crippen LogP contribution >= 0.6 is 0 Å². The number of carbonyl (C=O) groups is 3. The van der Waals surface area contributed by atoms with Crippen molar-refractivity contribution >= 4 is 17.5 Å². The number of nitrogens with one attached hydrogen (secondary N) is 1. The van der Waals surface area contributed by atoms with Gasteiger partial charge in [0.15, 0.2) is 0 Å². The summed E-state index contributed by atoms with van der Waals surface area (Å²) in [5, 5.41) is 11.8. The molecular formula is C18H27NO4. The van der Waals surface area contributed by atoms with E-state index in [0.29, 0.717) is 30.7 Å². The van der Waals surface area contributed by atoms with Gasteiger partial charge < -0.3 is 10.4 Å². The van der Waals surface area contributed by atoms with Crippen LogP contribution in [0.3, 0.4) is 0 Å². The first-order valence-corrected chi connectivity index (χ1v) is 9.03. The fourth-order valence-electron chi connectivity index (χ4n) is 5.05. The zero-order valence-corrected chi connectivity index (χ0v) is 13.7. The monoisotopic (exact) mass is 321 g/mol. The van der Waals surface area contributed by atoms with Gasteiger partial charge in [0, 0.05) is 18.9 Å². The van der Waals surface area contributed by atoms with Gasteiger partial charge in [-0.25, -0.2) is 0 Å². The van der Waals surface area contributed by atoms with Crippen molar-refractivity contribution in [1.29, 1.82) is 0 Å². The maximum Gasteiger partial charge on any atom is 0.317 e. The van der Waals surface area contributed by atoms with Crippen molar-refractivity contribution in [1.82, 2.24) is 5.32 Å². The Bertz CT molecular complexity index is 467. The van der Waals surface area contributed by atoms with E-state index in [2.05, 4.69) is 5.32 Å². The molecule has 128 valence electrons. The molecule has 3 fully saturated rings. The lowest BCUT2D eigenvalue weighted by Crippen LogP contribution is -2.41. The van der Waals surface area contributed by atoms with Crippen LogP contribution in [0.2, 0.25) is 0 Å². The predicted molar refractivity (Wildman–Crippen MR) is 85.0 cm³/mol. The number of Topliss-reactive ketones (excluding diaryl/α,β-unsaturated/α-hetero) is 2. The van der Waals surface area contributed by atoms with Crippen molar-refractivity contribution in [3.8, 4) is 0 Å². The van der Waals surface area contributed by atoms with Crippen molar-refractivity contribution < 1.29 is 19.5 Å². The number of aliphatic carboxylic acids is 1. The zero-order chi connectivity index (χ0) is 16.4. The summed E-state index contributed by atoms with van der Waals surface area (Å²) in [5.74, 6) is 0.921. The third kappa shape index (κ3) is 3.35. The molecule has 0 radical (unpaired) electrons. The SMILES string of the molecule is O=C(O)CNC1CCC(C2CCC3(CC2)C(=O)CCC3=O)CC1. The quantitative estimate of drug-likeness (QED) is 0.777. The molecule has 3 aliphatic rings. The summed E-state index contributed by atoms with van der Waals surface area (Å²) < 4.78 is 0. The standard InChI is InChI=1S/C18H27NO4/c20-15-5-6-16(21)18(15)9-7-13(8-10-18)12-1-3-14(4-2-12)19-11-17(22)23/h12-14,19H,1-11H2,(H,22,23). The summed E-state index contributed by atoms with van der Waals surface area (Å²) in [6.07, 6.45) is 8.83. The smallest absolute Gasteiger partial charge is 0.317 e. The highest BCUT2D eigenvalue weighted by Crippen LogP contribution is 2.49. The van der Waals surface area contributed by atoms with Gasteiger partial charge in [0.2, 0.25) is 0 Å². The number of carbonyl (C=O) groups excluding carboxylic acids is 2. The van der Waals surface area contributed by atoms with E-state index in [-0.39, 0.29) is 18.1 Å². The average Bonchev–Trinajstić information content (AvgIpc) is 2.83. The molecule has 0 aromatic heterocycles. The van der Waals surface area contributed by atoms with Gasteiger partial charge in [0.05, 0.1) is 12.0 Å². The minimum atomic E-state index is -0.796. The zero-order valence-electron chi connectivity index (χ0n) is 13.7. The molecule has 5 nitrogen and oxygen atoms in total. The maximum atomic E-state index is 12.1. The summed E-state index contributed by atoms with van der Waals surface area (Å²) in [4.78, 5) is 34.9. The fourth-order valence-corrected chi connectivity index (χ4v) is 5.05. The molecule has 0 atom stereocenters. The van der Waals surface area contributed by atoms with Crippen LogP contribution in [-0.2, 0) is 14.4 Å². The van der Waals surface area contributed by atoms with Crippen LogP contribution in [0.15, 0.2) is 0 Å². The number of carboxylic acid groups (broad SMARTS) is 1. The Morgan fingerprint density at radius 1 is 0.957 bits per heavy atom. The molecular weight excluding hydrogens is 294 g/mol. The van der Waals surface area contributed by atoms with Gasteiger partial charge in [-0.15, -0.1) is 0 Å². The lowest BCUT2D eigenvalue weighted by Gasteiger charge is -2.40. The highest BCUT2D eigenvalue weighted by atomic mass is 16.4. The van der Waals surface area contributed by atoms with Gasteiger partial charge >= 0.3 is 5.97 Å². The largest absolute Gasteiger partial charge is 0.480 e. The van der Waals surface area contributed by atoms with Crippen molar-refractivity contribution in [3.05, 3.63) is 0 Å². The third-order valence-corrected chi connectivity index (χ3v) is 6.51. The molecule has 3 saturated carbocycles. The number of hydrogen-bond acceptors (Lipinski definition) is 4. The molecule has 3 aliphatic carbocycles. The van der Waals surface area contributed by atoms with Crippen LogP contribution in [0.25, 0.3) is 0 Å². The minimum Gasteiger partial charge on any atom is -0.480 e. The summed E-state index contributed by atoms with van der Waals surface area (Å²) in [5.41, 5.74) is -0.600. The van der Waals surface area contributed by atoms with E-state index in [0.717, 1.165) is 51.4 Å². The highest BCUT2D eigenvalue weighted by molar-refractivity contribution is 6.12. The van der Waals surface area contributed by atoms with Gasteiger partial charge in [0.1, 0.15) is 11.6 Å². The molecule has 23 heavy (non-hydrogen) atoms. The van der Waals surface area contributed by atoms with Gasteiger partial charge in [-0.1, -0.05) is 0 Å². The Labute approximate surface area is 137 Å². The van der Waals surface area contributed by atoms with Gasteiger partial charge in [-0.3, -0.25) is 14.4 Å². The normalized spacial score (nSPS) is 31.7. The summed E-state index contributed by atoms with van der Waals surface area (Å²) >= 11 is 0. The van der Waals surface area contributed by atoms with Crippen LogP contribution in [0.5, 0.6) is 0 Å². The molecule has 3 rings (SSSR count). The molecule has 0 bridgehead atoms. The second-order valence-corrected chi connectivity index (χ2v) is 7.65. The van der Waals surface area contributed by atoms with Gasteiger partial charge in [-0.05, 0) is 63.2 Å². The van der Waals surface area contributed by atoms with Crippen LogP contribution in [0.1, 0.15) is 64.2 Å². The highest BCUT2D eigenvalue weighted by Gasteiger charge is 2.51. The number of hydrogen-bond donors (Lipinski definition) is 2. The summed E-state index contributed by atoms with van der Waals surface area (Å²) in [6.45, 7) is 0.0471. The predicted octanol–water partition coefficient (Wildman–Crippen LogP) is 2.33. The van der Waals surface area contributed by atoms with Crippen molar-refractivity contribution in [2.45, 2.75) is 70.3 Å². The molecule has 1 spiro atoms. The first-order chi connectivity index (χ1) is 11.0. The first-order valence-electron chi connectivity index (χ1n) is 9.03. The summed E-state index contributed by atoms with van der Waals surface area (Å²) in [7, 11) is 0. The minimum absolute atomic E-state index is 0.0471. The molecule has 0 amide bonds. The van der Waals surface area contributed by atoms with E-state index in [1.54, 1.807) is 0 Å². The maximum absolute atomic E-state index is 12.1. The second-order valence-electron chi connectivity index (χ2n) is 7.65. The molecule has 0 saturated heterocycles. The molecule has 0 heterocycles. The van der Waals surface area contributed by atoms with E-state index in [4.69, 9.17) is 5.11 Å². The Morgan fingerprint density at radius 2 is 1.48 bits per heavy atom. The Balaban J connectivity index is 1.47. The van der Waals surface area contributed by atoms with Crippen LogP contribution in [0.4, 0.5) is 0 Å². The average molecular weight is 321 g/mol.